The number of hydrogen-bond donors (Lipinski definition) is 3. The predicted molar refractivity (Wildman–Crippen MR) is 77.2 cm³/mol. The third-order valence-electron chi connectivity index (χ3n) is 2.56. The molecule has 6 nitrogen and oxygen atoms in total. The smallest absolute Gasteiger partial charge is 0.407 e. The molecule has 6 heteroatoms. The minimum atomic E-state index is -1.00. The van der Waals surface area contributed by atoms with Gasteiger partial charge in [-0.25, -0.2) is 4.79 Å². The van der Waals surface area contributed by atoms with Gasteiger partial charge in [0.25, 0.3) is 0 Å². The molecule has 0 heterocycles. The number of carbonyl (C=O) groups is 2. The lowest BCUT2D eigenvalue weighted by molar-refractivity contribution is -0.137. The van der Waals surface area contributed by atoms with Gasteiger partial charge in [0.2, 0.25) is 0 Å². The zero-order chi connectivity index (χ0) is 16.0. The number of phenols is 1. The summed E-state index contributed by atoms with van der Waals surface area (Å²) in [5.74, 6) is -0.872. The van der Waals surface area contributed by atoms with Crippen molar-refractivity contribution in [2.45, 2.75) is 45.3 Å². The summed E-state index contributed by atoms with van der Waals surface area (Å²) in [7, 11) is 0. The average Bonchev–Trinajstić information content (AvgIpc) is 2.28. The second-order valence-corrected chi connectivity index (χ2v) is 5.81. The lowest BCUT2D eigenvalue weighted by Gasteiger charge is -2.23. The molecule has 0 fully saturated rings. The highest BCUT2D eigenvalue weighted by Gasteiger charge is 2.21. The Morgan fingerprint density at radius 1 is 1.24 bits per heavy atom. The standard InChI is InChI=1S/C15H21NO5/c1-15(2,3)21-14(20)16-11(9-13(18)19)8-10-4-6-12(17)7-5-10/h4-7,11,17H,8-9H2,1-3H3,(H,16,20)(H,18,19)/t11-/m1/s1. The van der Waals surface area contributed by atoms with Gasteiger partial charge in [-0.1, -0.05) is 12.1 Å². The Morgan fingerprint density at radius 3 is 2.29 bits per heavy atom. The maximum absolute atomic E-state index is 11.7. The number of nitrogens with one attached hydrogen (secondary N) is 1. The number of aliphatic carboxylic acids is 1. The number of benzene rings is 1. The van der Waals surface area contributed by atoms with E-state index in [4.69, 9.17) is 9.84 Å². The van der Waals surface area contributed by atoms with E-state index in [1.165, 1.54) is 12.1 Å². The minimum Gasteiger partial charge on any atom is -0.508 e. The molecule has 0 saturated heterocycles. The quantitative estimate of drug-likeness (QED) is 0.774. The minimum absolute atomic E-state index is 0.133. The van der Waals surface area contributed by atoms with Gasteiger partial charge in [0.05, 0.1) is 6.42 Å². The molecule has 1 rings (SSSR count). The molecule has 21 heavy (non-hydrogen) atoms. The topological polar surface area (TPSA) is 95.9 Å². The molecule has 0 aliphatic carbocycles. The normalized spacial score (nSPS) is 12.5. The molecule has 1 atom stereocenters. The van der Waals surface area contributed by atoms with E-state index >= 15 is 0 Å². The van der Waals surface area contributed by atoms with Gasteiger partial charge in [0.1, 0.15) is 11.4 Å². The summed E-state index contributed by atoms with van der Waals surface area (Å²) in [5, 5.41) is 20.7. The van der Waals surface area contributed by atoms with Crippen molar-refractivity contribution in [3.05, 3.63) is 29.8 Å². The fourth-order valence-electron chi connectivity index (χ4n) is 1.78. The van der Waals surface area contributed by atoms with E-state index < -0.39 is 23.7 Å². The van der Waals surface area contributed by atoms with Crippen molar-refractivity contribution in [1.29, 1.82) is 0 Å². The van der Waals surface area contributed by atoms with E-state index in [1.807, 2.05) is 0 Å². The molecule has 1 amide bonds. The molecule has 116 valence electrons. The van der Waals surface area contributed by atoms with Crippen LogP contribution in [0.15, 0.2) is 24.3 Å². The fraction of sp³-hybridized carbons (Fsp3) is 0.467. The summed E-state index contributed by atoms with van der Waals surface area (Å²) in [6.45, 7) is 5.20. The molecule has 0 unspecified atom stereocenters. The molecule has 0 saturated carbocycles. The van der Waals surface area contributed by atoms with Gasteiger partial charge >= 0.3 is 12.1 Å². The summed E-state index contributed by atoms with van der Waals surface area (Å²) in [6.07, 6.45) is -0.515. The first kappa shape index (κ1) is 16.8. The highest BCUT2D eigenvalue weighted by molar-refractivity contribution is 5.71. The molecule has 0 aliphatic heterocycles. The largest absolute Gasteiger partial charge is 0.508 e. The van der Waals surface area contributed by atoms with Crippen LogP contribution >= 0.6 is 0 Å². The van der Waals surface area contributed by atoms with Crippen LogP contribution in [-0.2, 0) is 16.0 Å². The molecular weight excluding hydrogens is 274 g/mol. The number of alkyl carbamates (subject to hydrolysis) is 1. The van der Waals surface area contributed by atoms with Crippen LogP contribution in [-0.4, -0.2) is 33.9 Å². The van der Waals surface area contributed by atoms with Crippen LogP contribution in [0.4, 0.5) is 4.79 Å². The molecule has 0 radical (unpaired) electrons. The Labute approximate surface area is 123 Å². The Kier molecular flexibility index (Phi) is 5.58. The number of phenolic OH excluding ortho intramolecular Hbond substituents is 1. The number of carbonyl (C=O) groups excluding carboxylic acids is 1. The number of carboxylic acid groups (broad SMARTS) is 1. The fourth-order valence-corrected chi connectivity index (χ4v) is 1.78. The van der Waals surface area contributed by atoms with Gasteiger partial charge in [-0.2, -0.15) is 0 Å². The zero-order valence-corrected chi connectivity index (χ0v) is 12.4. The van der Waals surface area contributed by atoms with Crippen molar-refractivity contribution in [3.8, 4) is 5.75 Å². The van der Waals surface area contributed by atoms with E-state index in [-0.39, 0.29) is 12.2 Å². The van der Waals surface area contributed by atoms with Crippen LogP contribution in [0.1, 0.15) is 32.8 Å². The molecule has 0 aromatic heterocycles. The number of rotatable bonds is 5. The molecule has 1 aromatic carbocycles. The van der Waals surface area contributed by atoms with Crippen LogP contribution in [0.3, 0.4) is 0 Å². The van der Waals surface area contributed by atoms with Gasteiger partial charge in [-0.05, 0) is 44.9 Å². The Balaban J connectivity index is 2.69. The lowest BCUT2D eigenvalue weighted by Crippen LogP contribution is -2.41. The first-order valence-electron chi connectivity index (χ1n) is 6.65. The second kappa shape index (κ2) is 6.97. The second-order valence-electron chi connectivity index (χ2n) is 5.81. The first-order chi connectivity index (χ1) is 9.65. The highest BCUT2D eigenvalue weighted by atomic mass is 16.6. The highest BCUT2D eigenvalue weighted by Crippen LogP contribution is 2.13. The summed E-state index contributed by atoms with van der Waals surface area (Å²) < 4.78 is 5.12. The summed E-state index contributed by atoms with van der Waals surface area (Å²) in [6, 6.07) is 5.81. The van der Waals surface area contributed by atoms with E-state index in [9.17, 15) is 14.7 Å². The van der Waals surface area contributed by atoms with Gasteiger partial charge in [0.15, 0.2) is 0 Å². The van der Waals surface area contributed by atoms with Crippen LogP contribution in [0.25, 0.3) is 0 Å². The molecule has 3 N–H and O–H groups in total. The number of ether oxygens (including phenoxy) is 1. The van der Waals surface area contributed by atoms with Crippen LogP contribution < -0.4 is 5.32 Å². The summed E-state index contributed by atoms with van der Waals surface area (Å²) >= 11 is 0. The van der Waals surface area contributed by atoms with Crippen LogP contribution in [0.5, 0.6) is 5.75 Å². The number of amides is 1. The number of aromatic hydroxyl groups is 1. The van der Waals surface area contributed by atoms with E-state index in [2.05, 4.69) is 5.32 Å². The maximum atomic E-state index is 11.7. The van der Waals surface area contributed by atoms with Crippen molar-refractivity contribution >= 4 is 12.1 Å². The zero-order valence-electron chi connectivity index (χ0n) is 12.4. The number of carboxylic acids is 1. The summed E-state index contributed by atoms with van der Waals surface area (Å²) in [4.78, 5) is 22.6. The molecular formula is C15H21NO5. The third-order valence-corrected chi connectivity index (χ3v) is 2.56. The maximum Gasteiger partial charge on any atom is 0.407 e. The van der Waals surface area contributed by atoms with Gasteiger partial charge < -0.3 is 20.3 Å². The number of hydrogen-bond acceptors (Lipinski definition) is 4. The Bertz CT molecular complexity index is 490. The Hall–Kier alpha value is -2.24. The predicted octanol–water partition coefficient (Wildman–Crippen LogP) is 2.30. The van der Waals surface area contributed by atoms with Crippen molar-refractivity contribution in [3.63, 3.8) is 0 Å². The first-order valence-corrected chi connectivity index (χ1v) is 6.65. The van der Waals surface area contributed by atoms with Crippen LogP contribution in [0.2, 0.25) is 0 Å². The Morgan fingerprint density at radius 2 is 1.81 bits per heavy atom. The van der Waals surface area contributed by atoms with Crippen molar-refractivity contribution < 1.29 is 24.5 Å². The van der Waals surface area contributed by atoms with E-state index in [0.29, 0.717) is 6.42 Å². The van der Waals surface area contributed by atoms with Gasteiger partial charge in [-0.3, -0.25) is 4.79 Å². The van der Waals surface area contributed by atoms with E-state index in [1.54, 1.807) is 32.9 Å². The SMILES string of the molecule is CC(C)(C)OC(=O)N[C@@H](CC(=O)O)Cc1ccc(O)cc1. The molecule has 1 aromatic rings. The van der Waals surface area contributed by atoms with Crippen LogP contribution in [0, 0.1) is 0 Å². The van der Waals surface area contributed by atoms with Crippen molar-refractivity contribution in [2.24, 2.45) is 0 Å². The van der Waals surface area contributed by atoms with Crippen molar-refractivity contribution in [2.75, 3.05) is 0 Å². The average molecular weight is 295 g/mol. The molecule has 0 bridgehead atoms. The van der Waals surface area contributed by atoms with Gasteiger partial charge in [0, 0.05) is 6.04 Å². The summed E-state index contributed by atoms with van der Waals surface area (Å²) in [5.41, 5.74) is 0.172. The molecule has 0 aliphatic rings. The van der Waals surface area contributed by atoms with E-state index in [0.717, 1.165) is 5.56 Å². The molecule has 0 spiro atoms. The monoisotopic (exact) mass is 295 g/mol. The lowest BCUT2D eigenvalue weighted by atomic mass is 10.0. The third kappa shape index (κ3) is 7.20. The van der Waals surface area contributed by atoms with Crippen molar-refractivity contribution in [1.82, 2.24) is 5.32 Å². The van der Waals surface area contributed by atoms with Gasteiger partial charge in [-0.15, -0.1) is 0 Å².